The highest BCUT2D eigenvalue weighted by atomic mass is 32.1. The first-order valence-electron chi connectivity index (χ1n) is 6.47. The van der Waals surface area contributed by atoms with Crippen LogP contribution in [0.1, 0.15) is 6.92 Å². The van der Waals surface area contributed by atoms with Gasteiger partial charge in [-0.25, -0.2) is 9.78 Å². The standard InChI is InChI=1S/C17H13NO2S/c1-11(2)17(19)20-13-7-5-6-12(10-13)16-18-14-8-3-4-9-15(14)21-16/h3-10H,1H2,2H3. The minimum absolute atomic E-state index is 0.375. The van der Waals surface area contributed by atoms with Gasteiger partial charge in [0.15, 0.2) is 0 Å². The van der Waals surface area contributed by atoms with Crippen molar-refractivity contribution in [2.24, 2.45) is 0 Å². The lowest BCUT2D eigenvalue weighted by atomic mass is 10.2. The van der Waals surface area contributed by atoms with Crippen LogP contribution in [0, 0.1) is 0 Å². The second-order valence-corrected chi connectivity index (χ2v) is 5.72. The van der Waals surface area contributed by atoms with Gasteiger partial charge in [-0.05, 0) is 31.2 Å². The highest BCUT2D eigenvalue weighted by Crippen LogP contribution is 2.31. The molecule has 3 nitrogen and oxygen atoms in total. The zero-order chi connectivity index (χ0) is 14.8. The number of hydrogen-bond donors (Lipinski definition) is 0. The molecule has 1 heterocycles. The predicted molar refractivity (Wildman–Crippen MR) is 85.5 cm³/mol. The summed E-state index contributed by atoms with van der Waals surface area (Å²) in [4.78, 5) is 16.2. The topological polar surface area (TPSA) is 39.2 Å². The first-order chi connectivity index (χ1) is 10.1. The molecule has 21 heavy (non-hydrogen) atoms. The molecule has 4 heteroatoms. The van der Waals surface area contributed by atoms with Gasteiger partial charge in [0.1, 0.15) is 10.8 Å². The summed E-state index contributed by atoms with van der Waals surface area (Å²) in [6.45, 7) is 5.20. The largest absolute Gasteiger partial charge is 0.423 e. The highest BCUT2D eigenvalue weighted by molar-refractivity contribution is 7.21. The first kappa shape index (κ1) is 13.5. The number of ether oxygens (including phenoxy) is 1. The van der Waals surface area contributed by atoms with Crippen molar-refractivity contribution in [2.75, 3.05) is 0 Å². The summed E-state index contributed by atoms with van der Waals surface area (Å²) in [7, 11) is 0. The van der Waals surface area contributed by atoms with Gasteiger partial charge in [0.25, 0.3) is 0 Å². The van der Waals surface area contributed by atoms with Gasteiger partial charge in [0.2, 0.25) is 0 Å². The van der Waals surface area contributed by atoms with Gasteiger partial charge in [-0.2, -0.15) is 0 Å². The Hall–Kier alpha value is -2.46. The van der Waals surface area contributed by atoms with Crippen molar-refractivity contribution in [3.8, 4) is 16.3 Å². The molecule has 3 aromatic rings. The third-order valence-electron chi connectivity index (χ3n) is 2.93. The molecule has 0 amide bonds. The number of hydrogen-bond acceptors (Lipinski definition) is 4. The van der Waals surface area contributed by atoms with E-state index in [1.165, 1.54) is 0 Å². The lowest BCUT2D eigenvalue weighted by molar-refractivity contribution is -0.130. The second-order valence-electron chi connectivity index (χ2n) is 4.68. The molecule has 0 bridgehead atoms. The minimum Gasteiger partial charge on any atom is -0.423 e. The van der Waals surface area contributed by atoms with Crippen LogP contribution in [0.2, 0.25) is 0 Å². The molecule has 104 valence electrons. The van der Waals surface area contributed by atoms with Crippen LogP contribution < -0.4 is 4.74 Å². The van der Waals surface area contributed by atoms with Crippen LogP contribution in [0.4, 0.5) is 0 Å². The summed E-state index contributed by atoms with van der Waals surface area (Å²) in [5.41, 5.74) is 2.28. The SMILES string of the molecule is C=C(C)C(=O)Oc1cccc(-c2nc3ccccc3s2)c1. The van der Waals surface area contributed by atoms with Gasteiger partial charge in [0, 0.05) is 11.1 Å². The van der Waals surface area contributed by atoms with Crippen LogP contribution in [0.15, 0.2) is 60.7 Å². The minimum atomic E-state index is -0.420. The maximum absolute atomic E-state index is 11.6. The van der Waals surface area contributed by atoms with Crippen molar-refractivity contribution in [2.45, 2.75) is 6.92 Å². The molecule has 2 aromatic carbocycles. The van der Waals surface area contributed by atoms with E-state index in [1.807, 2.05) is 42.5 Å². The van der Waals surface area contributed by atoms with Crippen LogP contribution >= 0.6 is 11.3 Å². The fourth-order valence-electron chi connectivity index (χ4n) is 1.88. The monoisotopic (exact) mass is 295 g/mol. The summed E-state index contributed by atoms with van der Waals surface area (Å²) < 4.78 is 6.39. The van der Waals surface area contributed by atoms with Crippen LogP contribution in [0.25, 0.3) is 20.8 Å². The van der Waals surface area contributed by atoms with E-state index in [2.05, 4.69) is 11.6 Å². The molecule has 0 saturated heterocycles. The summed E-state index contributed by atoms with van der Waals surface area (Å²) in [5.74, 6) is 0.0798. The Morgan fingerprint density at radius 2 is 2.00 bits per heavy atom. The lowest BCUT2D eigenvalue weighted by Gasteiger charge is -2.04. The molecule has 1 aromatic heterocycles. The maximum atomic E-state index is 11.6. The van der Waals surface area contributed by atoms with Crippen LogP contribution in [0.5, 0.6) is 5.75 Å². The lowest BCUT2D eigenvalue weighted by Crippen LogP contribution is -2.07. The number of aromatic nitrogens is 1. The average molecular weight is 295 g/mol. The quantitative estimate of drug-likeness (QED) is 0.407. The number of carbonyl (C=O) groups excluding carboxylic acids is 1. The Bertz CT molecular complexity index is 802. The Kier molecular flexibility index (Phi) is 3.54. The Morgan fingerprint density at radius 1 is 1.19 bits per heavy atom. The molecule has 0 fully saturated rings. The van der Waals surface area contributed by atoms with E-state index >= 15 is 0 Å². The van der Waals surface area contributed by atoms with Crippen LogP contribution in [-0.2, 0) is 4.79 Å². The molecule has 0 N–H and O–H groups in total. The first-order valence-corrected chi connectivity index (χ1v) is 7.29. The number of thiazole rings is 1. The molecule has 0 unspecified atom stereocenters. The Morgan fingerprint density at radius 3 is 2.76 bits per heavy atom. The molecular weight excluding hydrogens is 282 g/mol. The van der Waals surface area contributed by atoms with Crippen molar-refractivity contribution in [3.63, 3.8) is 0 Å². The van der Waals surface area contributed by atoms with E-state index in [-0.39, 0.29) is 0 Å². The van der Waals surface area contributed by atoms with E-state index < -0.39 is 5.97 Å². The second kappa shape index (κ2) is 5.50. The number of para-hydroxylation sites is 1. The highest BCUT2D eigenvalue weighted by Gasteiger charge is 2.09. The number of carbonyl (C=O) groups is 1. The fourth-order valence-corrected chi connectivity index (χ4v) is 2.84. The van der Waals surface area contributed by atoms with E-state index in [0.29, 0.717) is 11.3 Å². The number of benzene rings is 2. The third-order valence-corrected chi connectivity index (χ3v) is 4.02. The van der Waals surface area contributed by atoms with Crippen LogP contribution in [-0.4, -0.2) is 11.0 Å². The summed E-state index contributed by atoms with van der Waals surface area (Å²) in [5, 5.41) is 0.907. The van der Waals surface area contributed by atoms with Crippen LogP contribution in [0.3, 0.4) is 0 Å². The van der Waals surface area contributed by atoms with E-state index in [0.717, 1.165) is 20.8 Å². The molecule has 0 aliphatic rings. The number of fused-ring (bicyclic) bond motifs is 1. The summed E-state index contributed by atoms with van der Waals surface area (Å²) in [6.07, 6.45) is 0. The van der Waals surface area contributed by atoms with Crippen molar-refractivity contribution in [1.82, 2.24) is 4.98 Å². The average Bonchev–Trinajstić information content (AvgIpc) is 2.91. The summed E-state index contributed by atoms with van der Waals surface area (Å²) in [6, 6.07) is 15.4. The van der Waals surface area contributed by atoms with Gasteiger partial charge in [-0.15, -0.1) is 11.3 Å². The smallest absolute Gasteiger partial charge is 0.338 e. The molecule has 0 spiro atoms. The molecule has 0 aliphatic heterocycles. The number of rotatable bonds is 3. The zero-order valence-corrected chi connectivity index (χ0v) is 12.3. The molecule has 3 rings (SSSR count). The third kappa shape index (κ3) is 2.85. The van der Waals surface area contributed by atoms with Gasteiger partial charge < -0.3 is 4.74 Å². The zero-order valence-electron chi connectivity index (χ0n) is 11.5. The van der Waals surface area contributed by atoms with E-state index in [9.17, 15) is 4.79 Å². The number of esters is 1. The van der Waals surface area contributed by atoms with E-state index in [1.54, 1.807) is 24.3 Å². The van der Waals surface area contributed by atoms with Crippen molar-refractivity contribution < 1.29 is 9.53 Å². The maximum Gasteiger partial charge on any atom is 0.338 e. The van der Waals surface area contributed by atoms with Gasteiger partial charge in [0.05, 0.1) is 10.2 Å². The normalized spacial score (nSPS) is 10.5. The van der Waals surface area contributed by atoms with Gasteiger partial charge >= 0.3 is 5.97 Å². The Labute approximate surface area is 126 Å². The molecule has 0 radical (unpaired) electrons. The van der Waals surface area contributed by atoms with E-state index in [4.69, 9.17) is 4.74 Å². The van der Waals surface area contributed by atoms with Crippen molar-refractivity contribution in [3.05, 3.63) is 60.7 Å². The summed E-state index contributed by atoms with van der Waals surface area (Å²) >= 11 is 1.62. The fraction of sp³-hybridized carbons (Fsp3) is 0.0588. The van der Waals surface area contributed by atoms with Crippen molar-refractivity contribution in [1.29, 1.82) is 0 Å². The molecule has 0 aliphatic carbocycles. The Balaban J connectivity index is 1.95. The molecule has 0 atom stereocenters. The van der Waals surface area contributed by atoms with Gasteiger partial charge in [-0.1, -0.05) is 30.8 Å². The van der Waals surface area contributed by atoms with Gasteiger partial charge in [-0.3, -0.25) is 0 Å². The molecular formula is C17H13NO2S. The van der Waals surface area contributed by atoms with Crippen molar-refractivity contribution >= 4 is 27.5 Å². The molecule has 0 saturated carbocycles. The predicted octanol–water partition coefficient (Wildman–Crippen LogP) is 4.44. The number of nitrogens with zero attached hydrogens (tertiary/aromatic N) is 1.